The van der Waals surface area contributed by atoms with Crippen LogP contribution >= 0.6 is 23.1 Å². The van der Waals surface area contributed by atoms with E-state index in [1.807, 2.05) is 13.0 Å². The lowest BCUT2D eigenvalue weighted by molar-refractivity contribution is 0.102. The average Bonchev–Trinajstić information content (AvgIpc) is 3.33. The van der Waals surface area contributed by atoms with Crippen molar-refractivity contribution in [3.8, 4) is 0 Å². The number of Topliss-reactive ketones (excluding diaryl/α,β-unsaturated/α-hetero) is 1. The number of fused-ring (bicyclic) bond motifs is 1. The molecule has 1 aliphatic heterocycles. The molecule has 27 heavy (non-hydrogen) atoms. The van der Waals surface area contributed by atoms with E-state index in [2.05, 4.69) is 43.8 Å². The molecule has 0 bridgehead atoms. The van der Waals surface area contributed by atoms with E-state index >= 15 is 0 Å². The predicted molar refractivity (Wildman–Crippen MR) is 110 cm³/mol. The summed E-state index contributed by atoms with van der Waals surface area (Å²) in [4.78, 5) is 14.2. The van der Waals surface area contributed by atoms with Crippen molar-refractivity contribution in [2.75, 3.05) is 5.75 Å². The first-order chi connectivity index (χ1) is 13.1. The fourth-order valence-corrected chi connectivity index (χ4v) is 5.22. The van der Waals surface area contributed by atoms with E-state index < -0.39 is 0 Å². The second kappa shape index (κ2) is 8.02. The number of ketones is 1. The Balaban J connectivity index is 1.47. The van der Waals surface area contributed by atoms with E-state index in [-0.39, 0.29) is 5.78 Å². The minimum atomic E-state index is 0.163. The first-order valence-electron chi connectivity index (χ1n) is 9.40. The number of aromatic nitrogens is 4. The molecule has 1 aliphatic rings. The van der Waals surface area contributed by atoms with E-state index in [9.17, 15) is 4.79 Å². The van der Waals surface area contributed by atoms with Gasteiger partial charge in [-0.2, -0.15) is 0 Å². The molecule has 7 heteroatoms. The average molecular weight is 401 g/mol. The van der Waals surface area contributed by atoms with Crippen molar-refractivity contribution in [1.29, 1.82) is 0 Å². The zero-order valence-corrected chi connectivity index (χ0v) is 17.4. The van der Waals surface area contributed by atoms with E-state index in [1.165, 1.54) is 29.5 Å². The third-order valence-corrected chi connectivity index (χ3v) is 7.00. The fraction of sp³-hybridized carbons (Fsp3) is 0.450. The first kappa shape index (κ1) is 18.5. The third kappa shape index (κ3) is 3.89. The Hall–Kier alpha value is -1.86. The number of hydrogen-bond donors (Lipinski definition) is 0. The maximum absolute atomic E-state index is 12.9. The molecule has 0 amide bonds. The largest absolute Gasteiger partial charge is 0.343 e. The van der Waals surface area contributed by atoms with Crippen molar-refractivity contribution in [2.45, 2.75) is 57.8 Å². The summed E-state index contributed by atoms with van der Waals surface area (Å²) in [5.74, 6) is 1.63. The van der Waals surface area contributed by atoms with Crippen molar-refractivity contribution in [3.05, 3.63) is 51.2 Å². The standard InChI is InChI=1S/C20H24N4OS2/c1-14-11-17(15(2)24(14)12-16-7-6-10-26-16)18(25)13-27-20-22-21-19-8-4-3-5-9-23(19)20/h6-7,10-11H,3-5,8-9,12-13H2,1-2H3. The van der Waals surface area contributed by atoms with Crippen molar-refractivity contribution in [1.82, 2.24) is 19.3 Å². The lowest BCUT2D eigenvalue weighted by atomic mass is 10.2. The van der Waals surface area contributed by atoms with Crippen molar-refractivity contribution < 1.29 is 4.79 Å². The van der Waals surface area contributed by atoms with Crippen LogP contribution in [-0.2, 0) is 19.5 Å². The molecule has 0 radical (unpaired) electrons. The summed E-state index contributed by atoms with van der Waals surface area (Å²) in [6.07, 6.45) is 4.57. The van der Waals surface area contributed by atoms with Gasteiger partial charge in [0.1, 0.15) is 5.82 Å². The highest BCUT2D eigenvalue weighted by molar-refractivity contribution is 7.99. The maximum Gasteiger partial charge on any atom is 0.191 e. The Morgan fingerprint density at radius 1 is 1.26 bits per heavy atom. The molecule has 0 fully saturated rings. The Morgan fingerprint density at radius 2 is 2.15 bits per heavy atom. The van der Waals surface area contributed by atoms with E-state index in [0.717, 1.165) is 53.9 Å². The van der Waals surface area contributed by atoms with Gasteiger partial charge in [-0.3, -0.25) is 4.79 Å². The molecule has 3 aromatic heterocycles. The number of rotatable bonds is 6. The van der Waals surface area contributed by atoms with Gasteiger partial charge in [0.05, 0.1) is 12.3 Å². The number of carbonyl (C=O) groups excluding carboxylic acids is 1. The molecule has 4 rings (SSSR count). The fourth-order valence-electron chi connectivity index (χ4n) is 3.66. The molecule has 0 aliphatic carbocycles. The quantitative estimate of drug-likeness (QED) is 0.451. The van der Waals surface area contributed by atoms with Crippen LogP contribution in [0.25, 0.3) is 0 Å². The van der Waals surface area contributed by atoms with Gasteiger partial charge in [0.15, 0.2) is 10.9 Å². The highest BCUT2D eigenvalue weighted by Gasteiger charge is 2.19. The molecule has 0 atom stereocenters. The van der Waals surface area contributed by atoms with Crippen LogP contribution in [0, 0.1) is 13.8 Å². The minimum absolute atomic E-state index is 0.163. The molecule has 0 spiro atoms. The number of nitrogens with zero attached hydrogens (tertiary/aromatic N) is 4. The van der Waals surface area contributed by atoms with Crippen molar-refractivity contribution in [2.24, 2.45) is 0 Å². The molecule has 0 saturated carbocycles. The van der Waals surface area contributed by atoms with Gasteiger partial charge in [-0.15, -0.1) is 21.5 Å². The third-order valence-electron chi connectivity index (χ3n) is 5.18. The van der Waals surface area contributed by atoms with Gasteiger partial charge in [-0.05, 0) is 44.2 Å². The van der Waals surface area contributed by atoms with Crippen LogP contribution in [0.2, 0.25) is 0 Å². The van der Waals surface area contributed by atoms with Crippen molar-refractivity contribution >= 4 is 28.9 Å². The van der Waals surface area contributed by atoms with Crippen LogP contribution in [0.1, 0.15) is 51.7 Å². The Morgan fingerprint density at radius 3 is 2.96 bits per heavy atom. The van der Waals surface area contributed by atoms with Gasteiger partial charge in [0.2, 0.25) is 0 Å². The number of thioether (sulfide) groups is 1. The monoisotopic (exact) mass is 400 g/mol. The SMILES string of the molecule is Cc1cc(C(=O)CSc2nnc3n2CCCCC3)c(C)n1Cc1cccs1. The normalized spacial score (nSPS) is 14.1. The van der Waals surface area contributed by atoms with E-state index in [1.54, 1.807) is 11.3 Å². The molecule has 0 unspecified atom stereocenters. The van der Waals surface area contributed by atoms with Gasteiger partial charge >= 0.3 is 0 Å². The number of aryl methyl sites for hydroxylation is 2. The second-order valence-electron chi connectivity index (χ2n) is 7.02. The number of hydrogen-bond acceptors (Lipinski definition) is 5. The molecule has 3 aromatic rings. The summed E-state index contributed by atoms with van der Waals surface area (Å²) < 4.78 is 4.43. The van der Waals surface area contributed by atoms with Gasteiger partial charge in [-0.1, -0.05) is 24.2 Å². The van der Waals surface area contributed by atoms with Crippen LogP contribution in [0.5, 0.6) is 0 Å². The van der Waals surface area contributed by atoms with Crippen LogP contribution in [0.4, 0.5) is 0 Å². The summed E-state index contributed by atoms with van der Waals surface area (Å²) in [5, 5.41) is 11.6. The van der Waals surface area contributed by atoms with Gasteiger partial charge in [0.25, 0.3) is 0 Å². The lowest BCUT2D eigenvalue weighted by Crippen LogP contribution is -2.08. The molecular formula is C20H24N4OS2. The summed E-state index contributed by atoms with van der Waals surface area (Å²) in [7, 11) is 0. The number of carbonyl (C=O) groups is 1. The molecule has 5 nitrogen and oxygen atoms in total. The highest BCUT2D eigenvalue weighted by atomic mass is 32.2. The predicted octanol–water partition coefficient (Wildman–Crippen LogP) is 4.51. The maximum atomic E-state index is 12.9. The van der Waals surface area contributed by atoms with Crippen molar-refractivity contribution in [3.63, 3.8) is 0 Å². The van der Waals surface area contributed by atoms with E-state index in [4.69, 9.17) is 0 Å². The smallest absolute Gasteiger partial charge is 0.191 e. The zero-order chi connectivity index (χ0) is 18.8. The summed E-state index contributed by atoms with van der Waals surface area (Å²) in [6.45, 7) is 5.91. The Bertz CT molecular complexity index is 940. The van der Waals surface area contributed by atoms with Crippen LogP contribution < -0.4 is 0 Å². The summed E-state index contributed by atoms with van der Waals surface area (Å²) in [5.41, 5.74) is 3.00. The molecule has 0 N–H and O–H groups in total. The zero-order valence-electron chi connectivity index (χ0n) is 15.8. The second-order valence-corrected chi connectivity index (χ2v) is 9.00. The Kier molecular flexibility index (Phi) is 5.50. The summed E-state index contributed by atoms with van der Waals surface area (Å²) in [6, 6.07) is 6.23. The van der Waals surface area contributed by atoms with Crippen LogP contribution in [0.15, 0.2) is 28.7 Å². The van der Waals surface area contributed by atoms with Crippen LogP contribution in [-0.4, -0.2) is 30.9 Å². The highest BCUT2D eigenvalue weighted by Crippen LogP contribution is 2.25. The van der Waals surface area contributed by atoms with Gasteiger partial charge in [0, 0.05) is 34.8 Å². The Labute approximate surface area is 167 Å². The molecule has 4 heterocycles. The molecular weight excluding hydrogens is 376 g/mol. The minimum Gasteiger partial charge on any atom is -0.343 e. The first-order valence-corrected chi connectivity index (χ1v) is 11.3. The molecule has 0 aromatic carbocycles. The van der Waals surface area contributed by atoms with Crippen LogP contribution in [0.3, 0.4) is 0 Å². The molecule has 142 valence electrons. The topological polar surface area (TPSA) is 52.7 Å². The summed E-state index contributed by atoms with van der Waals surface area (Å²) >= 11 is 3.26. The van der Waals surface area contributed by atoms with E-state index in [0.29, 0.717) is 5.75 Å². The van der Waals surface area contributed by atoms with Gasteiger partial charge < -0.3 is 9.13 Å². The lowest BCUT2D eigenvalue weighted by Gasteiger charge is -2.08. The number of thiophene rings is 1. The van der Waals surface area contributed by atoms with Gasteiger partial charge in [-0.25, -0.2) is 0 Å². The molecule has 0 saturated heterocycles.